The highest BCUT2D eigenvalue weighted by molar-refractivity contribution is 9.10. The minimum Gasteiger partial charge on any atom is -0.483 e. The summed E-state index contributed by atoms with van der Waals surface area (Å²) in [4.78, 5) is 4.10. The highest BCUT2D eigenvalue weighted by Gasteiger charge is 2.16. The first kappa shape index (κ1) is 13.3. The average Bonchev–Trinajstić information content (AvgIpc) is 2.82. The Balaban J connectivity index is 2.28. The van der Waals surface area contributed by atoms with Crippen molar-refractivity contribution in [3.8, 4) is 5.75 Å². The van der Waals surface area contributed by atoms with Crippen LogP contribution in [0.4, 0.5) is 10.1 Å². The number of ether oxygens (including phenoxy) is 1. The van der Waals surface area contributed by atoms with E-state index < -0.39 is 5.82 Å². The minimum absolute atomic E-state index is 0.209. The molecule has 1 heterocycles. The largest absolute Gasteiger partial charge is 0.483 e. The molecule has 0 aliphatic rings. The molecule has 0 aliphatic carbocycles. The Morgan fingerprint density at radius 1 is 1.56 bits per heavy atom. The third-order valence-electron chi connectivity index (χ3n) is 2.21. The number of benzene rings is 1. The molecule has 0 spiro atoms. The van der Waals surface area contributed by atoms with Crippen molar-refractivity contribution in [1.82, 2.24) is 4.98 Å². The second-order valence-electron chi connectivity index (χ2n) is 3.53. The topological polar surface area (TPSA) is 51.4 Å². The fourth-order valence-electron chi connectivity index (χ4n) is 1.45. The Hall–Kier alpha value is -1.18. The van der Waals surface area contributed by atoms with Crippen molar-refractivity contribution in [1.29, 1.82) is 0 Å². The van der Waals surface area contributed by atoms with Gasteiger partial charge >= 0.3 is 0 Å². The summed E-state index contributed by atoms with van der Waals surface area (Å²) >= 11 is 4.80. The van der Waals surface area contributed by atoms with Gasteiger partial charge in [0.1, 0.15) is 17.3 Å². The van der Waals surface area contributed by atoms with Crippen molar-refractivity contribution in [2.75, 3.05) is 12.1 Å². The number of thiazole rings is 1. The van der Waals surface area contributed by atoms with Gasteiger partial charge < -0.3 is 9.75 Å². The Labute approximate surface area is 116 Å². The molecule has 4 nitrogen and oxygen atoms in total. The molecule has 1 aromatic heterocycles. The molecule has 0 aliphatic heterocycles. The lowest BCUT2D eigenvalue weighted by Crippen LogP contribution is -2.27. The van der Waals surface area contributed by atoms with Crippen molar-refractivity contribution in [3.63, 3.8) is 0 Å². The van der Waals surface area contributed by atoms with E-state index in [0.717, 1.165) is 5.01 Å². The lowest BCUT2D eigenvalue weighted by atomic mass is 10.2. The van der Waals surface area contributed by atoms with Crippen LogP contribution in [0, 0.1) is 5.82 Å². The molecule has 0 amide bonds. The van der Waals surface area contributed by atoms with Crippen LogP contribution in [-0.4, -0.2) is 12.0 Å². The maximum Gasteiger partial charge on any atom is 0.161 e. The Morgan fingerprint density at radius 2 is 2.33 bits per heavy atom. The van der Waals surface area contributed by atoms with Crippen LogP contribution in [0.2, 0.25) is 0 Å². The molecule has 2 N–H and O–H groups in total. The second kappa shape index (κ2) is 5.64. The highest BCUT2D eigenvalue weighted by atomic mass is 79.9. The lowest BCUT2D eigenvalue weighted by molar-refractivity contribution is 0.302. The number of nitrogens with two attached hydrogens (primary N) is 1. The molecule has 0 bridgehead atoms. The summed E-state index contributed by atoms with van der Waals surface area (Å²) in [6.45, 7) is 0.278. The van der Waals surface area contributed by atoms with Crippen LogP contribution in [-0.2, 0) is 6.61 Å². The van der Waals surface area contributed by atoms with E-state index in [9.17, 15) is 4.39 Å². The lowest BCUT2D eigenvalue weighted by Gasteiger charge is -2.18. The van der Waals surface area contributed by atoms with Gasteiger partial charge in [-0.2, -0.15) is 0 Å². The van der Waals surface area contributed by atoms with E-state index >= 15 is 0 Å². The van der Waals surface area contributed by atoms with Gasteiger partial charge in [-0.15, -0.1) is 11.3 Å². The normalized spacial score (nSPS) is 10.4. The van der Waals surface area contributed by atoms with Gasteiger partial charge in [-0.05, 0) is 28.1 Å². The third-order valence-corrected chi connectivity index (χ3v) is 3.59. The maximum absolute atomic E-state index is 13.7. The molecule has 0 saturated heterocycles. The summed E-state index contributed by atoms with van der Waals surface area (Å²) in [5.74, 6) is 5.55. The second-order valence-corrected chi connectivity index (χ2v) is 5.37. The monoisotopic (exact) mass is 331 g/mol. The number of hydrogen-bond donors (Lipinski definition) is 1. The van der Waals surface area contributed by atoms with Crippen LogP contribution in [0.3, 0.4) is 0 Å². The quantitative estimate of drug-likeness (QED) is 0.691. The number of nitrogens with zero attached hydrogens (tertiary/aromatic N) is 2. The predicted octanol–water partition coefficient (Wildman–Crippen LogP) is 2.93. The Morgan fingerprint density at radius 3 is 2.94 bits per heavy atom. The van der Waals surface area contributed by atoms with Crippen LogP contribution in [0.25, 0.3) is 0 Å². The van der Waals surface area contributed by atoms with Crippen molar-refractivity contribution >= 4 is 33.0 Å². The molecular formula is C11H11BrFN3OS. The number of halogens is 2. The van der Waals surface area contributed by atoms with E-state index in [1.807, 2.05) is 5.38 Å². The van der Waals surface area contributed by atoms with E-state index in [-0.39, 0.29) is 12.3 Å². The summed E-state index contributed by atoms with van der Waals surface area (Å²) in [5.41, 5.74) is 0.209. The molecule has 7 heteroatoms. The van der Waals surface area contributed by atoms with E-state index in [2.05, 4.69) is 20.9 Å². The van der Waals surface area contributed by atoms with Gasteiger partial charge in [-0.3, -0.25) is 0 Å². The summed E-state index contributed by atoms with van der Waals surface area (Å²) in [5, 5.41) is 3.86. The van der Waals surface area contributed by atoms with Crippen LogP contribution >= 0.6 is 27.3 Å². The summed E-state index contributed by atoms with van der Waals surface area (Å²) in [7, 11) is 1.56. The first-order valence-corrected chi connectivity index (χ1v) is 6.74. The van der Waals surface area contributed by atoms with Crippen molar-refractivity contribution < 1.29 is 9.13 Å². The van der Waals surface area contributed by atoms with Crippen LogP contribution < -0.4 is 15.6 Å². The van der Waals surface area contributed by atoms with E-state index in [1.165, 1.54) is 22.4 Å². The Kier molecular flexibility index (Phi) is 4.15. The van der Waals surface area contributed by atoms with Crippen LogP contribution in [0.5, 0.6) is 5.75 Å². The fourth-order valence-corrected chi connectivity index (χ4v) is 2.41. The molecule has 0 unspecified atom stereocenters. The smallest absolute Gasteiger partial charge is 0.161 e. The van der Waals surface area contributed by atoms with Gasteiger partial charge in [0.05, 0.1) is 4.47 Å². The molecule has 0 atom stereocenters. The molecule has 0 saturated carbocycles. The fraction of sp³-hybridized carbons (Fsp3) is 0.182. The molecule has 2 aromatic rings. The summed E-state index contributed by atoms with van der Waals surface area (Å²) < 4.78 is 20.0. The third kappa shape index (κ3) is 2.80. The van der Waals surface area contributed by atoms with Crippen molar-refractivity contribution in [3.05, 3.63) is 39.0 Å². The van der Waals surface area contributed by atoms with Gasteiger partial charge in [-0.25, -0.2) is 15.2 Å². The molecule has 96 valence electrons. The maximum atomic E-state index is 13.7. The number of aromatic nitrogens is 1. The molecular weight excluding hydrogens is 321 g/mol. The van der Waals surface area contributed by atoms with E-state index in [4.69, 9.17) is 10.6 Å². The van der Waals surface area contributed by atoms with E-state index in [1.54, 1.807) is 19.3 Å². The summed E-state index contributed by atoms with van der Waals surface area (Å²) in [6, 6.07) is 2.92. The first-order valence-electron chi connectivity index (χ1n) is 5.07. The van der Waals surface area contributed by atoms with Gasteiger partial charge in [0.25, 0.3) is 0 Å². The SMILES string of the molecule is CN(N)c1c(F)ccc(Br)c1OCc1nccs1. The minimum atomic E-state index is -0.433. The van der Waals surface area contributed by atoms with Gasteiger partial charge in [-0.1, -0.05) is 0 Å². The van der Waals surface area contributed by atoms with Gasteiger partial charge in [0, 0.05) is 18.6 Å². The standard InChI is InChI=1S/C11H11BrFN3OS/c1-16(14)10-8(13)3-2-7(12)11(10)17-6-9-15-4-5-18-9/h2-5H,6,14H2,1H3. The first-order chi connectivity index (χ1) is 8.59. The Bertz CT molecular complexity index is 533. The number of hydrazine groups is 1. The van der Waals surface area contributed by atoms with Crippen LogP contribution in [0.15, 0.2) is 28.2 Å². The van der Waals surface area contributed by atoms with Gasteiger partial charge in [0.15, 0.2) is 11.6 Å². The zero-order chi connectivity index (χ0) is 13.1. The van der Waals surface area contributed by atoms with Gasteiger partial charge in [0.2, 0.25) is 0 Å². The number of rotatable bonds is 4. The molecule has 0 radical (unpaired) electrons. The van der Waals surface area contributed by atoms with Crippen molar-refractivity contribution in [2.45, 2.75) is 6.61 Å². The highest BCUT2D eigenvalue weighted by Crippen LogP contribution is 2.37. The van der Waals surface area contributed by atoms with E-state index in [0.29, 0.717) is 10.2 Å². The summed E-state index contributed by atoms with van der Waals surface area (Å²) in [6.07, 6.45) is 1.69. The molecule has 0 fully saturated rings. The zero-order valence-corrected chi connectivity index (χ0v) is 12.0. The van der Waals surface area contributed by atoms with Crippen molar-refractivity contribution in [2.24, 2.45) is 5.84 Å². The molecule has 2 rings (SSSR count). The molecule has 18 heavy (non-hydrogen) atoms. The van der Waals surface area contributed by atoms with Crippen LogP contribution in [0.1, 0.15) is 5.01 Å². The number of anilines is 1. The molecule has 1 aromatic carbocycles. The number of hydrogen-bond acceptors (Lipinski definition) is 5. The average molecular weight is 332 g/mol. The predicted molar refractivity (Wildman–Crippen MR) is 73.1 cm³/mol. The zero-order valence-electron chi connectivity index (χ0n) is 9.56.